The van der Waals surface area contributed by atoms with Crippen LogP contribution in [0.15, 0.2) is 57.7 Å². The quantitative estimate of drug-likeness (QED) is 0.526. The van der Waals surface area contributed by atoms with Gasteiger partial charge in [0, 0.05) is 10.6 Å². The fourth-order valence-electron chi connectivity index (χ4n) is 3.45. The van der Waals surface area contributed by atoms with Crippen LogP contribution < -0.4 is 15.0 Å². The number of nitrogens with one attached hydrogen (secondary N) is 1. The molecule has 0 bridgehead atoms. The lowest BCUT2D eigenvalue weighted by molar-refractivity contribution is -0.123. The van der Waals surface area contributed by atoms with Crippen molar-refractivity contribution in [2.45, 2.75) is 17.0 Å². The van der Waals surface area contributed by atoms with Crippen LogP contribution in [0.4, 0.5) is 11.4 Å². The maximum atomic E-state index is 13.0. The van der Waals surface area contributed by atoms with E-state index >= 15 is 0 Å². The average Bonchev–Trinajstić information content (AvgIpc) is 3.27. The normalized spacial score (nSPS) is 19.7. The van der Waals surface area contributed by atoms with Crippen LogP contribution in [-0.4, -0.2) is 54.7 Å². The molecule has 0 radical (unpaired) electrons. The summed E-state index contributed by atoms with van der Waals surface area (Å²) < 4.78 is 5.11. The molecule has 2 aliphatic heterocycles. The molecule has 11 heteroatoms. The summed E-state index contributed by atoms with van der Waals surface area (Å²) >= 11 is 7.70. The molecule has 2 aliphatic rings. The van der Waals surface area contributed by atoms with Crippen molar-refractivity contribution in [3.63, 3.8) is 0 Å². The SMILES string of the molecule is COc1ccc(N2C(=O)[C@@H]3N=NN(CC(=O)Nc4cccc(SC)c4)[C@H]3C2=O)cc1Cl. The third-order valence-corrected chi connectivity index (χ3v) is 5.93. The van der Waals surface area contributed by atoms with Crippen molar-refractivity contribution in [3.8, 4) is 5.75 Å². The number of nitrogens with zero attached hydrogens (tertiary/aromatic N) is 4. The Labute approximate surface area is 187 Å². The van der Waals surface area contributed by atoms with Crippen molar-refractivity contribution >= 4 is 52.5 Å². The monoisotopic (exact) mass is 459 g/mol. The molecule has 4 rings (SSSR count). The molecule has 0 unspecified atom stereocenters. The number of amides is 3. The lowest BCUT2D eigenvalue weighted by Crippen LogP contribution is -2.43. The first-order chi connectivity index (χ1) is 14.9. The summed E-state index contributed by atoms with van der Waals surface area (Å²) in [6.07, 6.45) is 1.94. The van der Waals surface area contributed by atoms with Gasteiger partial charge in [-0.25, -0.2) is 4.90 Å². The number of carbonyl (C=O) groups is 3. The molecule has 2 aromatic carbocycles. The fourth-order valence-corrected chi connectivity index (χ4v) is 4.16. The van der Waals surface area contributed by atoms with Gasteiger partial charge in [0.1, 0.15) is 12.3 Å². The van der Waals surface area contributed by atoms with Crippen LogP contribution in [0, 0.1) is 0 Å². The minimum atomic E-state index is -0.999. The van der Waals surface area contributed by atoms with Crippen LogP contribution >= 0.6 is 23.4 Å². The molecule has 2 heterocycles. The molecule has 9 nitrogen and oxygen atoms in total. The van der Waals surface area contributed by atoms with Crippen LogP contribution in [0.5, 0.6) is 5.75 Å². The Morgan fingerprint density at radius 3 is 2.74 bits per heavy atom. The van der Waals surface area contributed by atoms with Gasteiger partial charge < -0.3 is 10.1 Å². The maximum Gasteiger partial charge on any atom is 0.263 e. The number of methoxy groups -OCH3 is 1. The highest BCUT2D eigenvalue weighted by atomic mass is 35.5. The minimum Gasteiger partial charge on any atom is -0.495 e. The summed E-state index contributed by atoms with van der Waals surface area (Å²) in [7, 11) is 1.47. The Hall–Kier alpha value is -3.11. The summed E-state index contributed by atoms with van der Waals surface area (Å²) in [4.78, 5) is 40.4. The Kier molecular flexibility index (Phi) is 5.84. The first-order valence-corrected chi connectivity index (χ1v) is 10.9. The minimum absolute atomic E-state index is 0.218. The molecule has 1 saturated heterocycles. The van der Waals surface area contributed by atoms with Gasteiger partial charge >= 0.3 is 0 Å². The van der Waals surface area contributed by atoms with Gasteiger partial charge in [-0.15, -0.1) is 11.8 Å². The maximum absolute atomic E-state index is 13.0. The Morgan fingerprint density at radius 2 is 2.03 bits per heavy atom. The van der Waals surface area contributed by atoms with Crippen molar-refractivity contribution in [2.24, 2.45) is 10.3 Å². The van der Waals surface area contributed by atoms with Crippen molar-refractivity contribution in [3.05, 3.63) is 47.5 Å². The molecule has 2 aromatic rings. The van der Waals surface area contributed by atoms with Crippen LogP contribution in [0.25, 0.3) is 0 Å². The topological polar surface area (TPSA) is 104 Å². The van der Waals surface area contributed by atoms with E-state index in [9.17, 15) is 14.4 Å². The average molecular weight is 460 g/mol. The second-order valence-corrected chi connectivity index (χ2v) is 8.09. The van der Waals surface area contributed by atoms with Crippen LogP contribution in [0.2, 0.25) is 5.02 Å². The molecule has 0 spiro atoms. The van der Waals surface area contributed by atoms with Crippen LogP contribution in [-0.2, 0) is 14.4 Å². The number of halogens is 1. The highest BCUT2D eigenvalue weighted by Gasteiger charge is 2.55. The van der Waals surface area contributed by atoms with Gasteiger partial charge in [0.15, 0.2) is 12.1 Å². The van der Waals surface area contributed by atoms with E-state index in [1.807, 2.05) is 24.5 Å². The van der Waals surface area contributed by atoms with Crippen LogP contribution in [0.1, 0.15) is 0 Å². The first-order valence-electron chi connectivity index (χ1n) is 9.25. The molecule has 0 aliphatic carbocycles. The predicted octanol–water partition coefficient (Wildman–Crippen LogP) is 3.00. The van der Waals surface area contributed by atoms with Crippen molar-refractivity contribution < 1.29 is 19.1 Å². The molecule has 31 heavy (non-hydrogen) atoms. The number of carbonyl (C=O) groups excluding carboxylic acids is 3. The summed E-state index contributed by atoms with van der Waals surface area (Å²) in [6, 6.07) is 10.0. The number of rotatable bonds is 6. The zero-order chi connectivity index (χ0) is 22.1. The number of hydrogen-bond donors (Lipinski definition) is 1. The molecule has 0 saturated carbocycles. The zero-order valence-electron chi connectivity index (χ0n) is 16.6. The van der Waals surface area contributed by atoms with Gasteiger partial charge in [-0.1, -0.05) is 22.9 Å². The first kappa shape index (κ1) is 21.1. The number of imide groups is 1. The summed E-state index contributed by atoms with van der Waals surface area (Å²) in [5.74, 6) is -0.980. The largest absolute Gasteiger partial charge is 0.495 e. The van der Waals surface area contributed by atoms with Gasteiger partial charge in [0.2, 0.25) is 5.91 Å². The number of benzene rings is 2. The Balaban J connectivity index is 1.49. The molecule has 1 fully saturated rings. The number of thioether (sulfide) groups is 1. The molecule has 3 amide bonds. The third kappa shape index (κ3) is 3.96. The van der Waals surface area contributed by atoms with E-state index in [4.69, 9.17) is 16.3 Å². The molecular formula is C20H18ClN5O4S. The fraction of sp³-hybridized carbons (Fsp3) is 0.250. The van der Waals surface area contributed by atoms with E-state index in [0.717, 1.165) is 9.80 Å². The molecule has 2 atom stereocenters. The number of hydrogen-bond acceptors (Lipinski definition) is 8. The second-order valence-electron chi connectivity index (χ2n) is 6.80. The number of ether oxygens (including phenoxy) is 1. The Morgan fingerprint density at radius 1 is 1.23 bits per heavy atom. The van der Waals surface area contributed by atoms with Gasteiger partial charge in [0.25, 0.3) is 11.8 Å². The van der Waals surface area contributed by atoms with E-state index in [1.165, 1.54) is 18.2 Å². The van der Waals surface area contributed by atoms with Gasteiger partial charge in [-0.3, -0.25) is 19.4 Å². The van der Waals surface area contributed by atoms with E-state index in [2.05, 4.69) is 15.7 Å². The number of anilines is 2. The van der Waals surface area contributed by atoms with Crippen molar-refractivity contribution in [2.75, 3.05) is 30.1 Å². The van der Waals surface area contributed by atoms with E-state index in [-0.39, 0.29) is 17.5 Å². The highest BCUT2D eigenvalue weighted by molar-refractivity contribution is 7.98. The van der Waals surface area contributed by atoms with Crippen molar-refractivity contribution in [1.29, 1.82) is 0 Å². The van der Waals surface area contributed by atoms with Gasteiger partial charge in [-0.05, 0) is 42.7 Å². The van der Waals surface area contributed by atoms with Crippen LogP contribution in [0.3, 0.4) is 0 Å². The molecule has 0 aromatic heterocycles. The standard InChI is InChI=1S/C20H18ClN5O4S/c1-30-15-7-6-12(9-14(15)21)26-19(28)17-18(20(26)29)25(24-23-17)10-16(27)22-11-4-3-5-13(8-11)31-2/h3-9,17-18H,10H2,1-2H3,(H,22,27)/t17-,18-/m1/s1. The van der Waals surface area contributed by atoms with E-state index in [1.54, 1.807) is 30.0 Å². The third-order valence-electron chi connectivity index (χ3n) is 4.91. The van der Waals surface area contributed by atoms with E-state index < -0.39 is 23.9 Å². The van der Waals surface area contributed by atoms with Gasteiger partial charge in [-0.2, -0.15) is 5.11 Å². The predicted molar refractivity (Wildman–Crippen MR) is 116 cm³/mol. The van der Waals surface area contributed by atoms with E-state index in [0.29, 0.717) is 17.1 Å². The zero-order valence-corrected chi connectivity index (χ0v) is 18.2. The summed E-state index contributed by atoms with van der Waals surface area (Å²) in [6.45, 7) is -0.218. The second kappa shape index (κ2) is 8.56. The Bertz CT molecular complexity index is 1090. The highest BCUT2D eigenvalue weighted by Crippen LogP contribution is 2.35. The lowest BCUT2D eigenvalue weighted by atomic mass is 10.1. The van der Waals surface area contributed by atoms with Crippen molar-refractivity contribution in [1.82, 2.24) is 5.01 Å². The molecular weight excluding hydrogens is 442 g/mol. The summed E-state index contributed by atoms with van der Waals surface area (Å²) in [5, 5.41) is 12.1. The molecule has 160 valence electrons. The number of fused-ring (bicyclic) bond motifs is 1. The van der Waals surface area contributed by atoms with Gasteiger partial charge in [0.05, 0.1) is 17.8 Å². The lowest BCUT2D eigenvalue weighted by Gasteiger charge is -2.20. The molecule has 1 N–H and O–H groups in total. The smallest absolute Gasteiger partial charge is 0.263 e. The summed E-state index contributed by atoms with van der Waals surface area (Å²) in [5.41, 5.74) is 0.941.